The summed E-state index contributed by atoms with van der Waals surface area (Å²) in [6, 6.07) is 18.0. The highest BCUT2D eigenvalue weighted by Gasteiger charge is 2.24. The molecule has 1 amide bonds. The molecule has 1 heterocycles. The van der Waals surface area contributed by atoms with Crippen molar-refractivity contribution in [3.05, 3.63) is 94.8 Å². The van der Waals surface area contributed by atoms with Crippen LogP contribution in [0.15, 0.2) is 66.7 Å². The number of anilines is 2. The second-order valence-corrected chi connectivity index (χ2v) is 6.78. The molecule has 3 aromatic carbocycles. The molecule has 1 atom stereocenters. The Morgan fingerprint density at radius 3 is 2.41 bits per heavy atom. The number of carbonyl (C=O) groups is 2. The lowest BCUT2D eigenvalue weighted by atomic mass is 9.97. The van der Waals surface area contributed by atoms with E-state index in [1.54, 1.807) is 48.5 Å². The largest absolute Gasteiger partial charge is 0.481 e. The van der Waals surface area contributed by atoms with Crippen LogP contribution >= 0.6 is 0 Å². The van der Waals surface area contributed by atoms with Gasteiger partial charge in [-0.05, 0) is 53.6 Å². The van der Waals surface area contributed by atoms with Gasteiger partial charge in [0.2, 0.25) is 0 Å². The zero-order chi connectivity index (χ0) is 20.4. The number of rotatable bonds is 5. The van der Waals surface area contributed by atoms with Crippen molar-refractivity contribution in [3.63, 3.8) is 0 Å². The molecule has 0 spiro atoms. The molecule has 0 aliphatic carbocycles. The van der Waals surface area contributed by atoms with Crippen LogP contribution in [-0.2, 0) is 11.2 Å². The van der Waals surface area contributed by atoms with Crippen LogP contribution in [0.1, 0.15) is 33.1 Å². The van der Waals surface area contributed by atoms with E-state index in [1.165, 1.54) is 12.1 Å². The molecule has 3 aromatic rings. The molecule has 1 aliphatic rings. The van der Waals surface area contributed by atoms with Crippen molar-refractivity contribution < 1.29 is 19.1 Å². The first-order chi connectivity index (χ1) is 14.0. The van der Waals surface area contributed by atoms with Crippen molar-refractivity contribution >= 4 is 23.3 Å². The first kappa shape index (κ1) is 18.6. The number of nitrogens with one attached hydrogen (secondary N) is 3. The fourth-order valence-electron chi connectivity index (χ4n) is 3.29. The standard InChI is InChI=1S/C22H18FN3O3/c23-16-6-3-14(4-7-16)21-18-12-15(5-10-19(18)25-26-21)22(29)24-17-8-1-13(2-9-17)11-20(27)28/h1-10,12,21,25-26H,11H2,(H,24,29)(H,27,28). The molecule has 0 bridgehead atoms. The number of fused-ring (bicyclic) bond motifs is 1. The number of hydrogen-bond donors (Lipinski definition) is 4. The van der Waals surface area contributed by atoms with Gasteiger partial charge in [0.25, 0.3) is 5.91 Å². The molecule has 1 aliphatic heterocycles. The zero-order valence-corrected chi connectivity index (χ0v) is 15.3. The van der Waals surface area contributed by atoms with Gasteiger partial charge >= 0.3 is 5.97 Å². The van der Waals surface area contributed by atoms with Gasteiger partial charge in [-0.15, -0.1) is 0 Å². The minimum absolute atomic E-state index is 0.0657. The van der Waals surface area contributed by atoms with Crippen molar-refractivity contribution in [1.82, 2.24) is 5.43 Å². The number of benzene rings is 3. The van der Waals surface area contributed by atoms with Gasteiger partial charge in [-0.3, -0.25) is 9.59 Å². The summed E-state index contributed by atoms with van der Waals surface area (Å²) in [7, 11) is 0. The van der Waals surface area contributed by atoms with Gasteiger partial charge < -0.3 is 15.8 Å². The Balaban J connectivity index is 1.52. The number of carboxylic acid groups (broad SMARTS) is 1. The van der Waals surface area contributed by atoms with Crippen LogP contribution in [0.25, 0.3) is 0 Å². The van der Waals surface area contributed by atoms with Gasteiger partial charge in [-0.25, -0.2) is 9.82 Å². The van der Waals surface area contributed by atoms with Gasteiger partial charge in [0.05, 0.1) is 18.2 Å². The summed E-state index contributed by atoms with van der Waals surface area (Å²) in [5.74, 6) is -1.48. The predicted molar refractivity (Wildman–Crippen MR) is 107 cm³/mol. The second-order valence-electron chi connectivity index (χ2n) is 6.78. The minimum atomic E-state index is -0.905. The van der Waals surface area contributed by atoms with Gasteiger partial charge in [-0.1, -0.05) is 24.3 Å². The van der Waals surface area contributed by atoms with Crippen molar-refractivity contribution in [2.24, 2.45) is 0 Å². The zero-order valence-electron chi connectivity index (χ0n) is 15.3. The average molecular weight is 391 g/mol. The first-order valence-electron chi connectivity index (χ1n) is 9.02. The molecular weight excluding hydrogens is 373 g/mol. The summed E-state index contributed by atoms with van der Waals surface area (Å²) < 4.78 is 13.2. The molecule has 146 valence electrons. The van der Waals surface area contributed by atoms with Crippen molar-refractivity contribution in [2.75, 3.05) is 10.7 Å². The molecular formula is C22H18FN3O3. The van der Waals surface area contributed by atoms with E-state index in [9.17, 15) is 14.0 Å². The highest BCUT2D eigenvalue weighted by atomic mass is 19.1. The normalized spacial score (nSPS) is 14.7. The topological polar surface area (TPSA) is 90.5 Å². The fourth-order valence-corrected chi connectivity index (χ4v) is 3.29. The number of halogens is 1. The molecule has 1 unspecified atom stereocenters. The predicted octanol–water partition coefficient (Wildman–Crippen LogP) is 3.72. The molecule has 4 rings (SSSR count). The maximum atomic E-state index is 13.2. The number of amides is 1. The quantitative estimate of drug-likeness (QED) is 0.532. The van der Waals surface area contributed by atoms with E-state index in [2.05, 4.69) is 16.2 Å². The SMILES string of the molecule is O=C(O)Cc1ccc(NC(=O)c2ccc3c(c2)C(c2ccc(F)cc2)NN3)cc1. The van der Waals surface area contributed by atoms with Crippen LogP contribution in [-0.4, -0.2) is 17.0 Å². The Morgan fingerprint density at radius 2 is 1.72 bits per heavy atom. The molecule has 29 heavy (non-hydrogen) atoms. The molecule has 0 saturated carbocycles. The van der Waals surface area contributed by atoms with Crippen molar-refractivity contribution in [1.29, 1.82) is 0 Å². The van der Waals surface area contributed by atoms with E-state index < -0.39 is 5.97 Å². The van der Waals surface area contributed by atoms with Crippen LogP contribution in [0.3, 0.4) is 0 Å². The van der Waals surface area contributed by atoms with Crippen LogP contribution in [0, 0.1) is 5.82 Å². The summed E-state index contributed by atoms with van der Waals surface area (Å²) in [5, 5.41) is 11.6. The average Bonchev–Trinajstić information content (AvgIpc) is 3.13. The van der Waals surface area contributed by atoms with Crippen LogP contribution in [0.4, 0.5) is 15.8 Å². The third-order valence-electron chi connectivity index (χ3n) is 4.75. The Hall–Kier alpha value is -3.71. The Kier molecular flexibility index (Phi) is 4.97. The van der Waals surface area contributed by atoms with E-state index >= 15 is 0 Å². The molecule has 0 saturated heterocycles. The third kappa shape index (κ3) is 4.09. The lowest BCUT2D eigenvalue weighted by Crippen LogP contribution is -2.19. The van der Waals surface area contributed by atoms with Gasteiger partial charge in [-0.2, -0.15) is 0 Å². The van der Waals surface area contributed by atoms with Crippen LogP contribution < -0.4 is 16.2 Å². The summed E-state index contributed by atoms with van der Waals surface area (Å²) in [4.78, 5) is 23.4. The highest BCUT2D eigenvalue weighted by Crippen LogP contribution is 2.34. The third-order valence-corrected chi connectivity index (χ3v) is 4.75. The maximum Gasteiger partial charge on any atom is 0.307 e. The molecule has 0 aromatic heterocycles. The van der Waals surface area contributed by atoms with E-state index in [4.69, 9.17) is 5.11 Å². The van der Waals surface area contributed by atoms with Crippen LogP contribution in [0.5, 0.6) is 0 Å². The lowest BCUT2D eigenvalue weighted by Gasteiger charge is -2.12. The Bertz CT molecular complexity index is 1070. The molecule has 7 heteroatoms. The molecule has 0 radical (unpaired) electrons. The van der Waals surface area contributed by atoms with Crippen LogP contribution in [0.2, 0.25) is 0 Å². The summed E-state index contributed by atoms with van der Waals surface area (Å²) >= 11 is 0. The minimum Gasteiger partial charge on any atom is -0.481 e. The molecule has 4 N–H and O–H groups in total. The van der Waals surface area contributed by atoms with E-state index in [1.807, 2.05) is 6.07 Å². The summed E-state index contributed by atoms with van der Waals surface area (Å²) in [6.45, 7) is 0. The molecule has 0 fully saturated rings. The van der Waals surface area contributed by atoms with Crippen molar-refractivity contribution in [3.8, 4) is 0 Å². The van der Waals surface area contributed by atoms with Gasteiger partial charge in [0, 0.05) is 16.8 Å². The lowest BCUT2D eigenvalue weighted by molar-refractivity contribution is -0.136. The number of hydrazine groups is 1. The number of carboxylic acids is 1. The Labute approximate surface area is 166 Å². The monoisotopic (exact) mass is 391 g/mol. The summed E-state index contributed by atoms with van der Waals surface area (Å²) in [5.41, 5.74) is 10.6. The summed E-state index contributed by atoms with van der Waals surface area (Å²) in [6.07, 6.45) is -0.0657. The second kappa shape index (κ2) is 7.73. The highest BCUT2D eigenvalue weighted by molar-refractivity contribution is 6.04. The fraction of sp³-hybridized carbons (Fsp3) is 0.0909. The van der Waals surface area contributed by atoms with E-state index in [0.29, 0.717) is 16.8 Å². The molecule has 6 nitrogen and oxygen atoms in total. The maximum absolute atomic E-state index is 13.2. The van der Waals surface area contributed by atoms with Gasteiger partial charge in [0.1, 0.15) is 5.82 Å². The smallest absolute Gasteiger partial charge is 0.307 e. The van der Waals surface area contributed by atoms with E-state index in [-0.39, 0.29) is 24.2 Å². The van der Waals surface area contributed by atoms with E-state index in [0.717, 1.165) is 16.8 Å². The number of aliphatic carboxylic acids is 1. The van der Waals surface area contributed by atoms with Gasteiger partial charge in [0.15, 0.2) is 0 Å². The number of carbonyl (C=O) groups excluding carboxylic acids is 1. The first-order valence-corrected chi connectivity index (χ1v) is 9.02. The Morgan fingerprint density at radius 1 is 1.00 bits per heavy atom. The number of hydrogen-bond acceptors (Lipinski definition) is 4. The van der Waals surface area contributed by atoms with Crippen molar-refractivity contribution in [2.45, 2.75) is 12.5 Å².